The van der Waals surface area contributed by atoms with Crippen LogP contribution in [0.5, 0.6) is 0 Å². The van der Waals surface area contributed by atoms with Gasteiger partial charge in [0.1, 0.15) is 0 Å². The van der Waals surface area contributed by atoms with Gasteiger partial charge in [-0.2, -0.15) is 0 Å². The number of rotatable bonds is 6. The smallest absolute Gasteiger partial charge is 0.261 e. The van der Waals surface area contributed by atoms with Crippen molar-refractivity contribution in [3.8, 4) is 0 Å². The lowest BCUT2D eigenvalue weighted by Gasteiger charge is -2.19. The van der Waals surface area contributed by atoms with E-state index in [1.807, 2.05) is 39.0 Å². The fourth-order valence-electron chi connectivity index (χ4n) is 3.79. The Kier molecular flexibility index (Phi) is 6.32. The van der Waals surface area contributed by atoms with Crippen LogP contribution in [0, 0.1) is 20.8 Å². The first-order valence-corrected chi connectivity index (χ1v) is 12.8. The summed E-state index contributed by atoms with van der Waals surface area (Å²) in [6, 6.07) is 19.1. The number of nitrogens with one attached hydrogen (secondary N) is 1. The summed E-state index contributed by atoms with van der Waals surface area (Å²) in [7, 11) is -3.69. The van der Waals surface area contributed by atoms with Gasteiger partial charge in [-0.05, 0) is 68.3 Å². The molecule has 170 valence electrons. The molecule has 1 unspecified atom stereocenters. The van der Waals surface area contributed by atoms with E-state index < -0.39 is 15.3 Å². The standard InChI is InChI=1S/C25H24N2O4S2/c1-16-7-13-21(14-8-16)33(30,31)26-19-9-11-20(12-10-19)32-22-15-23(28)27(25(22)29)24-17(2)5-4-6-18(24)3/h4-14,22,26H,15H2,1-3H3. The van der Waals surface area contributed by atoms with E-state index in [-0.39, 0.29) is 23.1 Å². The van der Waals surface area contributed by atoms with Gasteiger partial charge in [-0.25, -0.2) is 13.3 Å². The van der Waals surface area contributed by atoms with Gasteiger partial charge in [-0.3, -0.25) is 14.3 Å². The van der Waals surface area contributed by atoms with E-state index >= 15 is 0 Å². The molecule has 4 rings (SSSR count). The molecule has 2 amide bonds. The lowest BCUT2D eigenvalue weighted by molar-refractivity contribution is -0.121. The molecule has 0 spiro atoms. The largest absolute Gasteiger partial charge is 0.280 e. The van der Waals surface area contributed by atoms with Crippen molar-refractivity contribution in [3.63, 3.8) is 0 Å². The number of thioether (sulfide) groups is 1. The summed E-state index contributed by atoms with van der Waals surface area (Å²) < 4.78 is 27.7. The van der Waals surface area contributed by atoms with Crippen molar-refractivity contribution in [3.05, 3.63) is 83.4 Å². The number of nitrogens with zero attached hydrogens (tertiary/aromatic N) is 1. The number of anilines is 2. The Labute approximate surface area is 198 Å². The van der Waals surface area contributed by atoms with Crippen molar-refractivity contribution in [2.45, 2.75) is 42.2 Å². The Morgan fingerprint density at radius 2 is 1.48 bits per heavy atom. The molecule has 1 fully saturated rings. The van der Waals surface area contributed by atoms with Crippen molar-refractivity contribution in [1.29, 1.82) is 0 Å². The normalized spacial score (nSPS) is 16.3. The van der Waals surface area contributed by atoms with Gasteiger partial charge >= 0.3 is 0 Å². The minimum Gasteiger partial charge on any atom is -0.280 e. The van der Waals surface area contributed by atoms with Crippen molar-refractivity contribution in [2.75, 3.05) is 9.62 Å². The second-order valence-corrected chi connectivity index (χ2v) is 11.0. The van der Waals surface area contributed by atoms with Gasteiger partial charge in [0.05, 0.1) is 15.8 Å². The van der Waals surface area contributed by atoms with Crippen molar-refractivity contribution >= 4 is 45.0 Å². The average Bonchev–Trinajstić information content (AvgIpc) is 3.03. The van der Waals surface area contributed by atoms with E-state index in [2.05, 4.69) is 4.72 Å². The third-order valence-electron chi connectivity index (χ3n) is 5.48. The van der Waals surface area contributed by atoms with Crippen LogP contribution in [0.2, 0.25) is 0 Å². The summed E-state index contributed by atoms with van der Waals surface area (Å²) in [6.07, 6.45) is 0.124. The lowest BCUT2D eigenvalue weighted by atomic mass is 10.1. The molecule has 6 nitrogen and oxygen atoms in total. The maximum atomic E-state index is 13.1. The number of benzene rings is 3. The predicted octanol–water partition coefficient (Wildman–Crippen LogP) is 4.84. The van der Waals surface area contributed by atoms with Gasteiger partial charge in [0.2, 0.25) is 11.8 Å². The fraction of sp³-hybridized carbons (Fsp3) is 0.200. The zero-order valence-electron chi connectivity index (χ0n) is 18.5. The maximum Gasteiger partial charge on any atom is 0.261 e. The molecule has 0 saturated carbocycles. The molecule has 33 heavy (non-hydrogen) atoms. The van der Waals surface area contributed by atoms with Crippen LogP contribution in [0.3, 0.4) is 0 Å². The van der Waals surface area contributed by atoms with Gasteiger partial charge in [0.15, 0.2) is 0 Å². The fourth-order valence-corrected chi connectivity index (χ4v) is 5.90. The summed E-state index contributed by atoms with van der Waals surface area (Å²) in [5.41, 5.74) is 3.83. The number of carbonyl (C=O) groups excluding carboxylic acids is 2. The van der Waals surface area contributed by atoms with Crippen molar-refractivity contribution < 1.29 is 18.0 Å². The first-order chi connectivity index (χ1) is 15.7. The first-order valence-electron chi connectivity index (χ1n) is 10.4. The van der Waals surface area contributed by atoms with Crippen LogP contribution in [0.4, 0.5) is 11.4 Å². The molecule has 0 radical (unpaired) electrons. The first kappa shape index (κ1) is 23.1. The van der Waals surface area contributed by atoms with E-state index in [0.717, 1.165) is 21.6 Å². The molecule has 1 atom stereocenters. The van der Waals surface area contributed by atoms with Crippen LogP contribution < -0.4 is 9.62 Å². The van der Waals surface area contributed by atoms with Crippen LogP contribution >= 0.6 is 11.8 Å². The number of sulfonamides is 1. The molecular formula is C25H24N2O4S2. The summed E-state index contributed by atoms with van der Waals surface area (Å²) in [5, 5.41) is -0.522. The SMILES string of the molecule is Cc1ccc(S(=O)(=O)Nc2ccc(SC3CC(=O)N(c4c(C)cccc4C)C3=O)cc2)cc1. The summed E-state index contributed by atoms with van der Waals surface area (Å²) in [4.78, 5) is 28.0. The monoisotopic (exact) mass is 480 g/mol. The predicted molar refractivity (Wildman–Crippen MR) is 131 cm³/mol. The highest BCUT2D eigenvalue weighted by molar-refractivity contribution is 8.00. The van der Waals surface area contributed by atoms with Gasteiger partial charge < -0.3 is 0 Å². The molecule has 1 heterocycles. The van der Waals surface area contributed by atoms with Crippen LogP contribution in [-0.2, 0) is 19.6 Å². The zero-order valence-corrected chi connectivity index (χ0v) is 20.2. The molecule has 3 aromatic carbocycles. The van der Waals surface area contributed by atoms with Crippen LogP contribution in [0.25, 0.3) is 0 Å². The molecule has 1 saturated heterocycles. The molecule has 0 bridgehead atoms. The lowest BCUT2D eigenvalue weighted by Crippen LogP contribution is -2.32. The maximum absolute atomic E-state index is 13.1. The highest BCUT2D eigenvalue weighted by atomic mass is 32.2. The molecule has 1 aliphatic rings. The molecular weight excluding hydrogens is 456 g/mol. The van der Waals surface area contributed by atoms with E-state index in [1.165, 1.54) is 16.7 Å². The summed E-state index contributed by atoms with van der Waals surface area (Å²) in [5.74, 6) is -0.441. The van der Waals surface area contributed by atoms with E-state index in [0.29, 0.717) is 11.4 Å². The molecule has 8 heteroatoms. The van der Waals surface area contributed by atoms with Gasteiger partial charge in [-0.1, -0.05) is 35.9 Å². The second kappa shape index (κ2) is 9.03. The Balaban J connectivity index is 1.47. The number of hydrogen-bond donors (Lipinski definition) is 1. The molecule has 3 aromatic rings. The van der Waals surface area contributed by atoms with Gasteiger partial charge in [0.25, 0.3) is 10.0 Å². The van der Waals surface area contributed by atoms with Crippen molar-refractivity contribution in [2.24, 2.45) is 0 Å². The van der Waals surface area contributed by atoms with Crippen molar-refractivity contribution in [1.82, 2.24) is 0 Å². The number of carbonyl (C=O) groups is 2. The third-order valence-corrected chi connectivity index (χ3v) is 8.08. The zero-order chi connectivity index (χ0) is 23.8. The number of amides is 2. The number of aryl methyl sites for hydroxylation is 3. The number of imide groups is 1. The van der Waals surface area contributed by atoms with Gasteiger partial charge in [-0.15, -0.1) is 11.8 Å². The van der Waals surface area contributed by atoms with E-state index in [9.17, 15) is 18.0 Å². The van der Waals surface area contributed by atoms with Crippen LogP contribution in [-0.4, -0.2) is 25.5 Å². The Hall–Kier alpha value is -3.10. The summed E-state index contributed by atoms with van der Waals surface area (Å²) in [6.45, 7) is 5.67. The van der Waals surface area contributed by atoms with E-state index in [1.54, 1.807) is 48.5 Å². The molecule has 1 N–H and O–H groups in total. The second-order valence-electron chi connectivity index (χ2n) is 8.06. The molecule has 0 aliphatic carbocycles. The Morgan fingerprint density at radius 1 is 0.879 bits per heavy atom. The quantitative estimate of drug-likeness (QED) is 0.511. The average molecular weight is 481 g/mol. The minimum absolute atomic E-state index is 0.124. The number of para-hydroxylation sites is 1. The topological polar surface area (TPSA) is 83.6 Å². The number of hydrogen-bond acceptors (Lipinski definition) is 5. The summed E-state index contributed by atoms with van der Waals surface area (Å²) >= 11 is 1.31. The van der Waals surface area contributed by atoms with E-state index in [4.69, 9.17) is 0 Å². The third kappa shape index (κ3) is 4.82. The van der Waals surface area contributed by atoms with Crippen LogP contribution in [0.1, 0.15) is 23.1 Å². The highest BCUT2D eigenvalue weighted by Crippen LogP contribution is 2.36. The van der Waals surface area contributed by atoms with Crippen LogP contribution in [0.15, 0.2) is 76.5 Å². The molecule has 0 aromatic heterocycles. The highest BCUT2D eigenvalue weighted by Gasteiger charge is 2.41. The Bertz CT molecular complexity index is 1300. The Morgan fingerprint density at radius 3 is 2.09 bits per heavy atom. The molecule has 1 aliphatic heterocycles. The van der Waals surface area contributed by atoms with Gasteiger partial charge in [0, 0.05) is 17.0 Å². The minimum atomic E-state index is -3.69.